The number of pyridine rings is 1. The summed E-state index contributed by atoms with van der Waals surface area (Å²) in [4.78, 5) is 42.6. The van der Waals surface area contributed by atoms with Gasteiger partial charge in [0, 0.05) is 6.20 Å². The molecule has 0 aromatic carbocycles. The van der Waals surface area contributed by atoms with Crippen molar-refractivity contribution in [3.05, 3.63) is 42.7 Å². The molecule has 0 saturated carbocycles. The van der Waals surface area contributed by atoms with Crippen molar-refractivity contribution in [1.82, 2.24) is 24.9 Å². The average molecular weight is 312 g/mol. The van der Waals surface area contributed by atoms with E-state index in [-0.39, 0.29) is 11.5 Å². The first-order chi connectivity index (χ1) is 11.1. The number of esters is 1. The summed E-state index contributed by atoms with van der Waals surface area (Å²) in [6.45, 7) is 1.46. The highest BCUT2D eigenvalue weighted by molar-refractivity contribution is 6.00. The van der Waals surface area contributed by atoms with Gasteiger partial charge < -0.3 is 15.0 Å². The third-order valence-corrected chi connectivity index (χ3v) is 2.99. The highest BCUT2D eigenvalue weighted by Crippen LogP contribution is 2.15. The molecular formula is C14H12N6O3. The molecule has 0 bridgehead atoms. The van der Waals surface area contributed by atoms with E-state index in [0.29, 0.717) is 11.2 Å². The minimum absolute atomic E-state index is 0.130. The van der Waals surface area contributed by atoms with E-state index in [0.717, 1.165) is 0 Å². The zero-order valence-electron chi connectivity index (χ0n) is 12.1. The Morgan fingerprint density at radius 3 is 2.87 bits per heavy atom. The molecule has 3 aromatic rings. The van der Waals surface area contributed by atoms with Gasteiger partial charge in [0.2, 0.25) is 0 Å². The second-order valence-corrected chi connectivity index (χ2v) is 4.58. The monoisotopic (exact) mass is 312 g/mol. The fourth-order valence-corrected chi connectivity index (χ4v) is 1.84. The molecule has 3 aromatic heterocycles. The number of nitrogens with one attached hydrogen (secondary N) is 2. The Balaban J connectivity index is 1.68. The number of fused-ring (bicyclic) bond motifs is 1. The maximum absolute atomic E-state index is 12.1. The standard InChI is InChI=1S/C14H12N6O3/c1-8(23-14(22)9-4-2-3-5-15-9)13(21)20-12-10-11(17-6-16-10)18-7-19-12/h2-8H,1H3,(H2,16,17,18,19,20,21)/t8-/m0/s1. The van der Waals surface area contributed by atoms with Gasteiger partial charge in [0.1, 0.15) is 17.5 Å². The van der Waals surface area contributed by atoms with Crippen LogP contribution in [0.25, 0.3) is 11.2 Å². The molecule has 0 aliphatic heterocycles. The molecule has 0 saturated heterocycles. The molecule has 0 spiro atoms. The lowest BCUT2D eigenvalue weighted by Gasteiger charge is -2.12. The van der Waals surface area contributed by atoms with Crippen LogP contribution in [-0.4, -0.2) is 42.9 Å². The Morgan fingerprint density at radius 1 is 1.22 bits per heavy atom. The number of ether oxygens (including phenoxy) is 1. The molecule has 0 aliphatic rings. The van der Waals surface area contributed by atoms with Crippen molar-refractivity contribution in [3.8, 4) is 0 Å². The molecule has 1 atom stereocenters. The normalized spacial score (nSPS) is 11.9. The van der Waals surface area contributed by atoms with Gasteiger partial charge in [-0.1, -0.05) is 6.07 Å². The van der Waals surface area contributed by atoms with E-state index in [1.54, 1.807) is 12.1 Å². The zero-order valence-corrected chi connectivity index (χ0v) is 12.1. The number of carbonyl (C=O) groups is 2. The maximum atomic E-state index is 12.1. The number of aromatic nitrogens is 5. The summed E-state index contributed by atoms with van der Waals surface area (Å²) in [6.07, 6.45) is 3.18. The molecule has 0 aliphatic carbocycles. The van der Waals surface area contributed by atoms with E-state index in [9.17, 15) is 9.59 Å². The molecule has 0 radical (unpaired) electrons. The average Bonchev–Trinajstić information content (AvgIpc) is 3.05. The van der Waals surface area contributed by atoms with Crippen molar-refractivity contribution < 1.29 is 14.3 Å². The highest BCUT2D eigenvalue weighted by atomic mass is 16.5. The van der Waals surface area contributed by atoms with Gasteiger partial charge in [-0.15, -0.1) is 0 Å². The lowest BCUT2D eigenvalue weighted by Crippen LogP contribution is -2.30. The lowest BCUT2D eigenvalue weighted by atomic mass is 10.3. The van der Waals surface area contributed by atoms with E-state index in [4.69, 9.17) is 4.74 Å². The molecule has 116 valence electrons. The van der Waals surface area contributed by atoms with E-state index in [1.165, 1.54) is 31.8 Å². The summed E-state index contributed by atoms with van der Waals surface area (Å²) in [5.74, 6) is -0.940. The van der Waals surface area contributed by atoms with Gasteiger partial charge in [-0.25, -0.2) is 24.7 Å². The molecule has 3 rings (SSSR count). The molecule has 3 heterocycles. The number of rotatable bonds is 4. The molecule has 9 heteroatoms. The summed E-state index contributed by atoms with van der Waals surface area (Å²) in [5.41, 5.74) is 1.04. The van der Waals surface area contributed by atoms with Gasteiger partial charge >= 0.3 is 5.97 Å². The van der Waals surface area contributed by atoms with Crippen LogP contribution < -0.4 is 5.32 Å². The number of amides is 1. The first kappa shape index (κ1) is 14.6. The predicted molar refractivity (Wildman–Crippen MR) is 79.4 cm³/mol. The van der Waals surface area contributed by atoms with Crippen LogP contribution in [0.3, 0.4) is 0 Å². The van der Waals surface area contributed by atoms with Gasteiger partial charge in [0.15, 0.2) is 17.6 Å². The highest BCUT2D eigenvalue weighted by Gasteiger charge is 2.21. The fourth-order valence-electron chi connectivity index (χ4n) is 1.84. The Hall–Kier alpha value is -3.36. The number of nitrogens with zero attached hydrogens (tertiary/aromatic N) is 4. The summed E-state index contributed by atoms with van der Waals surface area (Å²) in [7, 11) is 0. The quantitative estimate of drug-likeness (QED) is 0.687. The minimum Gasteiger partial charge on any atom is -0.448 e. The predicted octanol–water partition coefficient (Wildman–Crippen LogP) is 0.932. The SMILES string of the molecule is C[C@H](OC(=O)c1ccccn1)C(=O)Nc1ncnc2nc[nH]c12. The van der Waals surface area contributed by atoms with Crippen molar-refractivity contribution in [1.29, 1.82) is 0 Å². The van der Waals surface area contributed by atoms with Crippen molar-refractivity contribution in [2.45, 2.75) is 13.0 Å². The first-order valence-electron chi connectivity index (χ1n) is 6.72. The number of hydrogen-bond acceptors (Lipinski definition) is 7. The molecule has 0 fully saturated rings. The smallest absolute Gasteiger partial charge is 0.357 e. The number of anilines is 1. The largest absolute Gasteiger partial charge is 0.448 e. The Bertz CT molecular complexity index is 848. The van der Waals surface area contributed by atoms with Crippen LogP contribution in [0.4, 0.5) is 5.82 Å². The number of imidazole rings is 1. The third-order valence-electron chi connectivity index (χ3n) is 2.99. The van der Waals surface area contributed by atoms with Crippen LogP contribution in [0.5, 0.6) is 0 Å². The number of carbonyl (C=O) groups excluding carboxylic acids is 2. The number of hydrogen-bond donors (Lipinski definition) is 2. The van der Waals surface area contributed by atoms with Crippen LogP contribution in [0.2, 0.25) is 0 Å². The molecule has 1 amide bonds. The van der Waals surface area contributed by atoms with Crippen LogP contribution >= 0.6 is 0 Å². The van der Waals surface area contributed by atoms with E-state index >= 15 is 0 Å². The Kier molecular flexibility index (Phi) is 3.91. The van der Waals surface area contributed by atoms with E-state index in [1.807, 2.05) is 0 Å². The maximum Gasteiger partial charge on any atom is 0.357 e. The molecule has 0 unspecified atom stereocenters. The Morgan fingerprint density at radius 2 is 2.09 bits per heavy atom. The van der Waals surface area contributed by atoms with Crippen molar-refractivity contribution in [2.75, 3.05) is 5.32 Å². The van der Waals surface area contributed by atoms with Crippen LogP contribution in [0.1, 0.15) is 17.4 Å². The van der Waals surface area contributed by atoms with Crippen molar-refractivity contribution >= 4 is 28.9 Å². The third kappa shape index (κ3) is 3.12. The van der Waals surface area contributed by atoms with Gasteiger partial charge in [-0.05, 0) is 19.1 Å². The molecule has 23 heavy (non-hydrogen) atoms. The second-order valence-electron chi connectivity index (χ2n) is 4.58. The van der Waals surface area contributed by atoms with Gasteiger partial charge in [0.25, 0.3) is 5.91 Å². The Labute approximate surface area is 130 Å². The van der Waals surface area contributed by atoms with Gasteiger partial charge in [-0.2, -0.15) is 0 Å². The van der Waals surface area contributed by atoms with Gasteiger partial charge in [0.05, 0.1) is 6.33 Å². The van der Waals surface area contributed by atoms with Crippen molar-refractivity contribution in [3.63, 3.8) is 0 Å². The van der Waals surface area contributed by atoms with Gasteiger partial charge in [-0.3, -0.25) is 4.79 Å². The van der Waals surface area contributed by atoms with Crippen molar-refractivity contribution in [2.24, 2.45) is 0 Å². The zero-order chi connectivity index (χ0) is 16.2. The van der Waals surface area contributed by atoms with Crippen LogP contribution in [0.15, 0.2) is 37.1 Å². The lowest BCUT2D eigenvalue weighted by molar-refractivity contribution is -0.123. The first-order valence-corrected chi connectivity index (χ1v) is 6.72. The van der Waals surface area contributed by atoms with E-state index < -0.39 is 18.0 Å². The molecular weight excluding hydrogens is 300 g/mol. The fraction of sp³-hybridized carbons (Fsp3) is 0.143. The minimum atomic E-state index is -1.02. The molecule has 9 nitrogen and oxygen atoms in total. The van der Waals surface area contributed by atoms with Crippen LogP contribution in [0, 0.1) is 0 Å². The summed E-state index contributed by atoms with van der Waals surface area (Å²) >= 11 is 0. The summed E-state index contributed by atoms with van der Waals surface area (Å²) in [5, 5.41) is 2.57. The summed E-state index contributed by atoms with van der Waals surface area (Å²) in [6, 6.07) is 4.84. The second kappa shape index (κ2) is 6.18. The van der Waals surface area contributed by atoms with Crippen LogP contribution in [-0.2, 0) is 9.53 Å². The topological polar surface area (TPSA) is 123 Å². The number of aromatic amines is 1. The number of H-pyrrole nitrogens is 1. The van der Waals surface area contributed by atoms with E-state index in [2.05, 4.69) is 30.2 Å². The summed E-state index contributed by atoms with van der Waals surface area (Å²) < 4.78 is 5.08. The molecule has 2 N–H and O–H groups in total.